The molecule has 1 amide bonds. The number of Topliss-reactive ketones (excluding diaryl/α,β-unsaturated/α-hetero) is 1. The number of fused-ring (bicyclic) bond motifs is 2. The Morgan fingerprint density at radius 3 is 2.29 bits per heavy atom. The molecule has 6 rings (SSSR count). The van der Waals surface area contributed by atoms with Crippen LogP contribution < -0.4 is 10.2 Å². The summed E-state index contributed by atoms with van der Waals surface area (Å²) < 4.78 is 0. The fourth-order valence-corrected chi connectivity index (χ4v) is 5.63. The summed E-state index contributed by atoms with van der Waals surface area (Å²) in [4.78, 5) is 28.5. The molecule has 0 spiro atoms. The topological polar surface area (TPSA) is 49.4 Å². The van der Waals surface area contributed by atoms with Crippen molar-refractivity contribution in [3.8, 4) is 0 Å². The molecular weight excluding hydrogens is 348 g/mol. The molecule has 3 aliphatic rings. The number of para-hydroxylation sites is 2. The van der Waals surface area contributed by atoms with Crippen molar-refractivity contribution in [2.24, 2.45) is 0 Å². The van der Waals surface area contributed by atoms with Crippen molar-refractivity contribution in [3.05, 3.63) is 95.6 Å². The van der Waals surface area contributed by atoms with Crippen molar-refractivity contribution in [2.45, 2.75) is 23.9 Å². The zero-order valence-corrected chi connectivity index (χ0v) is 15.2. The average Bonchev–Trinajstić information content (AvgIpc) is 3.14. The lowest BCUT2D eigenvalue weighted by Gasteiger charge is -2.48. The summed E-state index contributed by atoms with van der Waals surface area (Å²) in [6, 6.07) is 26.2. The third-order valence-corrected chi connectivity index (χ3v) is 6.64. The van der Waals surface area contributed by atoms with Crippen molar-refractivity contribution >= 4 is 23.1 Å². The molecule has 4 nitrogen and oxygen atoms in total. The molecule has 0 unspecified atom stereocenters. The van der Waals surface area contributed by atoms with Gasteiger partial charge in [-0.25, -0.2) is 0 Å². The summed E-state index contributed by atoms with van der Waals surface area (Å²) in [5.41, 5.74) is 3.24. The minimum Gasteiger partial charge on any atom is -0.321 e. The first-order valence-electron chi connectivity index (χ1n) is 9.60. The maximum Gasteiger partial charge on any atom is 0.290 e. The molecule has 0 aromatic heterocycles. The van der Waals surface area contributed by atoms with Crippen molar-refractivity contribution in [1.82, 2.24) is 5.32 Å². The molecule has 2 atom stereocenters. The van der Waals surface area contributed by atoms with E-state index in [1.165, 1.54) is 5.56 Å². The number of rotatable bonds is 1. The van der Waals surface area contributed by atoms with Crippen LogP contribution in [0.2, 0.25) is 0 Å². The molecule has 0 saturated carbocycles. The van der Waals surface area contributed by atoms with Crippen LogP contribution in [0, 0.1) is 0 Å². The highest BCUT2D eigenvalue weighted by atomic mass is 16.2. The number of carbonyl (C=O) groups excluding carboxylic acids is 2. The van der Waals surface area contributed by atoms with Gasteiger partial charge in [0.05, 0.1) is 0 Å². The summed E-state index contributed by atoms with van der Waals surface area (Å²) in [5.74, 6) is -0.819. The highest BCUT2D eigenvalue weighted by Crippen LogP contribution is 2.64. The molecule has 0 radical (unpaired) electrons. The molecule has 28 heavy (non-hydrogen) atoms. The molecule has 1 fully saturated rings. The highest BCUT2D eigenvalue weighted by Gasteiger charge is 2.74. The van der Waals surface area contributed by atoms with E-state index in [4.69, 9.17) is 0 Å². The monoisotopic (exact) mass is 366 g/mol. The van der Waals surface area contributed by atoms with Gasteiger partial charge < -0.3 is 10.2 Å². The van der Waals surface area contributed by atoms with Crippen LogP contribution in [0.1, 0.15) is 23.1 Å². The van der Waals surface area contributed by atoms with Crippen LogP contribution in [0.5, 0.6) is 0 Å². The SMILES string of the molecule is O=C1N[C@@]23c4ccccc4CC[C@]2(C1=O)c1ccccc1N3c1ccccc1. The van der Waals surface area contributed by atoms with Gasteiger partial charge in [0.1, 0.15) is 5.41 Å². The average molecular weight is 366 g/mol. The van der Waals surface area contributed by atoms with E-state index in [-0.39, 0.29) is 5.78 Å². The molecule has 3 aromatic rings. The third-order valence-electron chi connectivity index (χ3n) is 6.64. The first kappa shape index (κ1) is 15.6. The number of benzene rings is 3. The van der Waals surface area contributed by atoms with Gasteiger partial charge >= 0.3 is 0 Å². The number of nitrogens with one attached hydrogen (secondary N) is 1. The smallest absolute Gasteiger partial charge is 0.290 e. The number of hydrogen-bond donors (Lipinski definition) is 1. The van der Waals surface area contributed by atoms with Gasteiger partial charge in [0, 0.05) is 16.9 Å². The predicted molar refractivity (Wildman–Crippen MR) is 106 cm³/mol. The zero-order valence-electron chi connectivity index (χ0n) is 15.2. The van der Waals surface area contributed by atoms with Crippen LogP contribution in [0.15, 0.2) is 78.9 Å². The van der Waals surface area contributed by atoms with Gasteiger partial charge in [-0.3, -0.25) is 9.59 Å². The Kier molecular flexibility index (Phi) is 2.85. The van der Waals surface area contributed by atoms with Gasteiger partial charge in [-0.15, -0.1) is 0 Å². The normalized spacial score (nSPS) is 26.9. The second-order valence-corrected chi connectivity index (χ2v) is 7.74. The summed E-state index contributed by atoms with van der Waals surface area (Å²) in [6.07, 6.45) is 1.39. The number of carbonyl (C=O) groups is 2. The summed E-state index contributed by atoms with van der Waals surface area (Å²) in [6.45, 7) is 0. The lowest BCUT2D eigenvalue weighted by molar-refractivity contribution is -0.137. The molecule has 1 saturated heterocycles. The van der Waals surface area contributed by atoms with E-state index in [2.05, 4.69) is 28.4 Å². The molecule has 3 aromatic carbocycles. The quantitative estimate of drug-likeness (QED) is 0.670. The van der Waals surface area contributed by atoms with Gasteiger partial charge in [0.25, 0.3) is 5.91 Å². The van der Waals surface area contributed by atoms with E-state index in [0.29, 0.717) is 6.42 Å². The van der Waals surface area contributed by atoms with Crippen LogP contribution in [0.4, 0.5) is 11.4 Å². The summed E-state index contributed by atoms with van der Waals surface area (Å²) in [5, 5.41) is 3.16. The minimum atomic E-state index is -0.930. The second kappa shape index (κ2) is 5.10. The molecule has 0 bridgehead atoms. The van der Waals surface area contributed by atoms with Gasteiger partial charge in [-0.2, -0.15) is 0 Å². The van der Waals surface area contributed by atoms with E-state index < -0.39 is 17.0 Å². The first-order valence-corrected chi connectivity index (χ1v) is 9.60. The van der Waals surface area contributed by atoms with E-state index in [0.717, 1.165) is 28.9 Å². The van der Waals surface area contributed by atoms with Gasteiger partial charge in [0.15, 0.2) is 5.66 Å². The Balaban J connectivity index is 1.79. The number of anilines is 2. The Morgan fingerprint density at radius 1 is 0.786 bits per heavy atom. The molecule has 1 N–H and O–H groups in total. The van der Waals surface area contributed by atoms with E-state index >= 15 is 0 Å². The van der Waals surface area contributed by atoms with Crippen LogP contribution in [-0.2, 0) is 27.1 Å². The largest absolute Gasteiger partial charge is 0.321 e. The molecule has 1 aliphatic carbocycles. The second-order valence-electron chi connectivity index (χ2n) is 7.74. The first-order chi connectivity index (χ1) is 13.7. The van der Waals surface area contributed by atoms with Crippen LogP contribution >= 0.6 is 0 Å². The van der Waals surface area contributed by atoms with Gasteiger partial charge in [0.2, 0.25) is 5.78 Å². The molecular formula is C24H18N2O2. The Morgan fingerprint density at radius 2 is 1.46 bits per heavy atom. The third kappa shape index (κ3) is 1.55. The summed E-state index contributed by atoms with van der Waals surface area (Å²) in [7, 11) is 0. The molecule has 4 heteroatoms. The Labute approximate surface area is 162 Å². The molecule has 2 heterocycles. The fraction of sp³-hybridized carbons (Fsp3) is 0.167. The van der Waals surface area contributed by atoms with E-state index in [9.17, 15) is 9.59 Å². The molecule has 136 valence electrons. The van der Waals surface area contributed by atoms with Crippen LogP contribution in [0.25, 0.3) is 0 Å². The zero-order chi connectivity index (χ0) is 18.9. The number of hydrogen-bond acceptors (Lipinski definition) is 3. The van der Waals surface area contributed by atoms with Crippen molar-refractivity contribution in [1.29, 1.82) is 0 Å². The van der Waals surface area contributed by atoms with Crippen LogP contribution in [0.3, 0.4) is 0 Å². The lowest BCUT2D eigenvalue weighted by Crippen LogP contribution is -2.61. The number of nitrogens with zero attached hydrogens (tertiary/aromatic N) is 1. The maximum atomic E-state index is 13.4. The lowest BCUT2D eigenvalue weighted by atomic mass is 9.62. The maximum absolute atomic E-state index is 13.4. The Hall–Kier alpha value is -3.40. The van der Waals surface area contributed by atoms with E-state index in [1.54, 1.807) is 0 Å². The number of ketones is 1. The predicted octanol–water partition coefficient (Wildman–Crippen LogP) is 3.57. The highest BCUT2D eigenvalue weighted by molar-refractivity contribution is 6.43. The van der Waals surface area contributed by atoms with E-state index in [1.807, 2.05) is 60.7 Å². The minimum absolute atomic E-state index is 0.326. The van der Waals surface area contributed by atoms with Crippen molar-refractivity contribution in [3.63, 3.8) is 0 Å². The number of aryl methyl sites for hydroxylation is 1. The van der Waals surface area contributed by atoms with Crippen LogP contribution in [-0.4, -0.2) is 11.7 Å². The summed E-state index contributed by atoms with van der Waals surface area (Å²) >= 11 is 0. The fourth-order valence-electron chi connectivity index (χ4n) is 5.63. The Bertz CT molecular complexity index is 1160. The van der Waals surface area contributed by atoms with Gasteiger partial charge in [-0.05, 0) is 42.2 Å². The molecule has 2 aliphatic heterocycles. The van der Waals surface area contributed by atoms with Crippen molar-refractivity contribution in [2.75, 3.05) is 4.90 Å². The van der Waals surface area contributed by atoms with Gasteiger partial charge in [-0.1, -0.05) is 60.7 Å². The standard InChI is InChI=1S/C24H18N2O2/c27-21-22(28)25-24-18-11-5-4-8-16(18)14-15-23(21,24)19-12-6-7-13-20(19)26(24)17-9-2-1-3-10-17/h1-13H,14-15H2,(H,25,28)/t23-,24-/m1/s1. The van der Waals surface area contributed by atoms with Crippen molar-refractivity contribution < 1.29 is 9.59 Å². The number of amides is 1.